The Kier molecular flexibility index (Phi) is 7.17. The van der Waals surface area contributed by atoms with Crippen LogP contribution in [0.1, 0.15) is 15.2 Å². The average molecular weight is 493 g/mol. The molecule has 35 heavy (non-hydrogen) atoms. The van der Waals surface area contributed by atoms with Crippen LogP contribution in [-0.2, 0) is 20.7 Å². The molecular weight excluding hydrogens is 472 g/mol. The van der Waals surface area contributed by atoms with Crippen LogP contribution in [-0.4, -0.2) is 40.3 Å². The van der Waals surface area contributed by atoms with Crippen LogP contribution >= 0.6 is 11.3 Å². The summed E-state index contributed by atoms with van der Waals surface area (Å²) in [6.07, 6.45) is 1.92. The number of anilines is 1. The number of nitrogens with one attached hydrogen (secondary N) is 3. The fourth-order valence-corrected chi connectivity index (χ4v) is 4.08. The van der Waals surface area contributed by atoms with Gasteiger partial charge in [-0.1, -0.05) is 24.3 Å². The summed E-state index contributed by atoms with van der Waals surface area (Å²) >= 11 is 1.24. The van der Waals surface area contributed by atoms with Gasteiger partial charge >= 0.3 is 5.97 Å². The van der Waals surface area contributed by atoms with Crippen LogP contribution in [0.4, 0.5) is 11.4 Å². The van der Waals surface area contributed by atoms with E-state index in [9.17, 15) is 24.5 Å². The zero-order chi connectivity index (χ0) is 24.8. The van der Waals surface area contributed by atoms with Gasteiger partial charge in [0.15, 0.2) is 6.61 Å². The second kappa shape index (κ2) is 10.6. The van der Waals surface area contributed by atoms with Crippen molar-refractivity contribution >= 4 is 51.4 Å². The van der Waals surface area contributed by atoms with Crippen LogP contribution in [0.3, 0.4) is 0 Å². The lowest BCUT2D eigenvalue weighted by atomic mass is 10.0. The molecule has 0 aliphatic heterocycles. The minimum Gasteiger partial charge on any atom is -0.454 e. The largest absolute Gasteiger partial charge is 0.454 e. The van der Waals surface area contributed by atoms with Crippen molar-refractivity contribution in [2.24, 2.45) is 0 Å². The highest BCUT2D eigenvalue weighted by Gasteiger charge is 2.25. The number of thiophene rings is 1. The van der Waals surface area contributed by atoms with E-state index in [0.29, 0.717) is 10.6 Å². The normalized spacial score (nSPS) is 11.5. The molecule has 0 fully saturated rings. The summed E-state index contributed by atoms with van der Waals surface area (Å²) in [5.41, 5.74) is 1.90. The molecule has 10 nitrogen and oxygen atoms in total. The molecule has 1 atom stereocenters. The SMILES string of the molecule is O=C(COC(=O)C(Cc1c[nH]c2ccccc12)NC(=O)c1cccs1)Nc1ccc([N+](=O)[O-])cc1. The molecule has 2 aromatic heterocycles. The molecule has 0 aliphatic carbocycles. The molecule has 0 saturated heterocycles. The number of nitro groups is 1. The predicted molar refractivity (Wildman–Crippen MR) is 130 cm³/mol. The smallest absolute Gasteiger partial charge is 0.329 e. The number of non-ortho nitro benzene ring substituents is 1. The number of aromatic nitrogens is 1. The van der Waals surface area contributed by atoms with E-state index < -0.39 is 35.4 Å². The van der Waals surface area contributed by atoms with Crippen LogP contribution in [0.25, 0.3) is 10.9 Å². The molecule has 2 heterocycles. The zero-order valence-electron chi connectivity index (χ0n) is 18.2. The van der Waals surface area contributed by atoms with Crippen molar-refractivity contribution in [2.45, 2.75) is 12.5 Å². The van der Waals surface area contributed by atoms with Crippen molar-refractivity contribution in [2.75, 3.05) is 11.9 Å². The van der Waals surface area contributed by atoms with Gasteiger partial charge in [0.1, 0.15) is 6.04 Å². The van der Waals surface area contributed by atoms with Gasteiger partial charge in [-0.05, 0) is 35.2 Å². The van der Waals surface area contributed by atoms with Gasteiger partial charge in [-0.2, -0.15) is 0 Å². The number of benzene rings is 2. The minimum atomic E-state index is -1.03. The molecule has 0 radical (unpaired) electrons. The van der Waals surface area contributed by atoms with Crippen molar-refractivity contribution in [3.8, 4) is 0 Å². The highest BCUT2D eigenvalue weighted by Crippen LogP contribution is 2.20. The Bertz CT molecular complexity index is 1360. The summed E-state index contributed by atoms with van der Waals surface area (Å²) in [5.74, 6) is -1.81. The van der Waals surface area contributed by atoms with Gasteiger partial charge in [0.05, 0.1) is 9.80 Å². The molecule has 11 heteroatoms. The van der Waals surface area contributed by atoms with Crippen LogP contribution in [0.5, 0.6) is 0 Å². The molecule has 4 rings (SSSR count). The highest BCUT2D eigenvalue weighted by atomic mass is 32.1. The van der Waals surface area contributed by atoms with Gasteiger partial charge in [0, 0.05) is 41.3 Å². The number of nitro benzene ring substituents is 1. The number of aromatic amines is 1. The molecule has 4 aromatic rings. The number of carbonyl (C=O) groups excluding carboxylic acids is 3. The number of hydrogen-bond donors (Lipinski definition) is 3. The van der Waals surface area contributed by atoms with E-state index in [2.05, 4.69) is 15.6 Å². The third-order valence-corrected chi connectivity index (χ3v) is 6.01. The third kappa shape index (κ3) is 5.89. The Hall–Kier alpha value is -4.51. The second-order valence-corrected chi connectivity index (χ2v) is 8.47. The van der Waals surface area contributed by atoms with E-state index in [4.69, 9.17) is 4.74 Å². The van der Waals surface area contributed by atoms with Crippen LogP contribution in [0.15, 0.2) is 72.2 Å². The van der Waals surface area contributed by atoms with Gasteiger partial charge in [0.25, 0.3) is 17.5 Å². The first-order chi connectivity index (χ1) is 16.9. The van der Waals surface area contributed by atoms with Crippen molar-refractivity contribution in [3.05, 3.63) is 92.8 Å². The molecule has 3 N–H and O–H groups in total. The summed E-state index contributed by atoms with van der Waals surface area (Å²) in [6.45, 7) is -0.588. The van der Waals surface area contributed by atoms with Gasteiger partial charge in [-0.25, -0.2) is 4.79 Å². The van der Waals surface area contributed by atoms with Gasteiger partial charge in [-0.15, -0.1) is 11.3 Å². The maximum absolute atomic E-state index is 12.9. The number of amides is 2. The summed E-state index contributed by atoms with van der Waals surface area (Å²) in [6, 6.07) is 15.2. The standard InChI is InChI=1S/C24H20N4O6S/c29-22(26-16-7-9-17(10-8-16)28(32)33)14-34-24(31)20(27-23(30)21-6-3-11-35-21)12-15-13-25-19-5-2-1-4-18(15)19/h1-11,13,20,25H,12,14H2,(H,26,29)(H,27,30). The maximum Gasteiger partial charge on any atom is 0.329 e. The minimum absolute atomic E-state index is 0.115. The molecule has 0 bridgehead atoms. The maximum atomic E-state index is 12.9. The summed E-state index contributed by atoms with van der Waals surface area (Å²) in [4.78, 5) is 51.5. The lowest BCUT2D eigenvalue weighted by Crippen LogP contribution is -2.43. The van der Waals surface area contributed by atoms with Crippen molar-refractivity contribution in [3.63, 3.8) is 0 Å². The van der Waals surface area contributed by atoms with E-state index >= 15 is 0 Å². The quantitative estimate of drug-likeness (QED) is 0.185. The average Bonchev–Trinajstić information content (AvgIpc) is 3.53. The van der Waals surface area contributed by atoms with E-state index in [1.54, 1.807) is 23.7 Å². The molecular formula is C24H20N4O6S. The Labute approximate surface area is 203 Å². The molecule has 2 aromatic carbocycles. The fraction of sp³-hybridized carbons (Fsp3) is 0.125. The molecule has 1 unspecified atom stereocenters. The fourth-order valence-electron chi connectivity index (χ4n) is 3.45. The highest BCUT2D eigenvalue weighted by molar-refractivity contribution is 7.12. The van der Waals surface area contributed by atoms with Crippen molar-refractivity contribution in [1.82, 2.24) is 10.3 Å². The van der Waals surface area contributed by atoms with Crippen LogP contribution in [0, 0.1) is 10.1 Å². The lowest BCUT2D eigenvalue weighted by Gasteiger charge is -2.17. The van der Waals surface area contributed by atoms with Gasteiger partial charge in [0.2, 0.25) is 0 Å². The summed E-state index contributed by atoms with van der Waals surface area (Å²) in [7, 11) is 0. The Morgan fingerprint density at radius 2 is 1.83 bits per heavy atom. The Morgan fingerprint density at radius 3 is 2.54 bits per heavy atom. The first kappa shape index (κ1) is 23.6. The first-order valence-corrected chi connectivity index (χ1v) is 11.4. The van der Waals surface area contributed by atoms with Gasteiger partial charge < -0.3 is 20.4 Å². The number of hydrogen-bond acceptors (Lipinski definition) is 7. The summed E-state index contributed by atoms with van der Waals surface area (Å²) < 4.78 is 5.20. The number of rotatable bonds is 9. The first-order valence-electron chi connectivity index (χ1n) is 10.5. The number of carbonyl (C=O) groups is 3. The molecule has 0 aliphatic rings. The van der Waals surface area contributed by atoms with Crippen molar-refractivity contribution in [1.29, 1.82) is 0 Å². The molecule has 178 valence electrons. The number of nitrogens with zero attached hydrogens (tertiary/aromatic N) is 1. The molecule has 2 amide bonds. The zero-order valence-corrected chi connectivity index (χ0v) is 19.0. The topological polar surface area (TPSA) is 143 Å². The van der Waals surface area contributed by atoms with E-state index in [-0.39, 0.29) is 12.1 Å². The number of para-hydroxylation sites is 1. The number of esters is 1. The third-order valence-electron chi connectivity index (χ3n) is 5.14. The predicted octanol–water partition coefficient (Wildman–Crippen LogP) is 3.66. The van der Waals surface area contributed by atoms with Crippen LogP contribution in [0.2, 0.25) is 0 Å². The Balaban J connectivity index is 1.42. The summed E-state index contributed by atoms with van der Waals surface area (Å²) in [5, 5.41) is 18.6. The number of H-pyrrole nitrogens is 1. The lowest BCUT2D eigenvalue weighted by molar-refractivity contribution is -0.384. The molecule has 0 saturated carbocycles. The number of fused-ring (bicyclic) bond motifs is 1. The van der Waals surface area contributed by atoms with Crippen LogP contribution < -0.4 is 10.6 Å². The van der Waals surface area contributed by atoms with Crippen molar-refractivity contribution < 1.29 is 24.0 Å². The monoisotopic (exact) mass is 492 g/mol. The van der Waals surface area contributed by atoms with E-state index in [1.807, 2.05) is 24.3 Å². The Morgan fingerprint density at radius 1 is 1.06 bits per heavy atom. The molecule has 0 spiro atoms. The second-order valence-electron chi connectivity index (χ2n) is 7.53. The number of ether oxygens (including phenoxy) is 1. The van der Waals surface area contributed by atoms with E-state index in [1.165, 1.54) is 35.6 Å². The van der Waals surface area contributed by atoms with E-state index in [0.717, 1.165) is 16.5 Å². The van der Waals surface area contributed by atoms with Gasteiger partial charge in [-0.3, -0.25) is 19.7 Å².